The van der Waals surface area contributed by atoms with Gasteiger partial charge in [-0.05, 0) is 61.1 Å². The predicted octanol–water partition coefficient (Wildman–Crippen LogP) is 5.34. The molecule has 6 nitrogen and oxygen atoms in total. The molecule has 0 fully saturated rings. The van der Waals surface area contributed by atoms with Crippen LogP contribution < -0.4 is 10.1 Å². The molecule has 0 atom stereocenters. The van der Waals surface area contributed by atoms with Gasteiger partial charge in [0.1, 0.15) is 6.61 Å². The molecule has 1 aromatic carbocycles. The lowest BCUT2D eigenvalue weighted by Crippen LogP contribution is -2.18. The molecule has 2 aromatic heterocycles. The Morgan fingerprint density at radius 2 is 1.88 bits per heavy atom. The van der Waals surface area contributed by atoms with Gasteiger partial charge in [0.2, 0.25) is 5.88 Å². The zero-order valence-corrected chi connectivity index (χ0v) is 17.8. The van der Waals surface area contributed by atoms with Crippen molar-refractivity contribution in [3.8, 4) is 5.88 Å². The standard InChI is InChI=1S/C24H23F3N4O2/c25-24(26,27)18-8-6-17(7-9-18)20-4-1-2-5-21(20)23(32)30-19-10-11-22(28-16-19)33-15-14-31-13-3-12-29-31/h3,6-13,16H,1-2,4-5,14-15H2,(H,30,32). The van der Waals surface area contributed by atoms with Crippen LogP contribution in [0.25, 0.3) is 5.57 Å². The summed E-state index contributed by atoms with van der Waals surface area (Å²) in [4.78, 5) is 17.2. The minimum Gasteiger partial charge on any atom is -0.476 e. The van der Waals surface area contributed by atoms with Gasteiger partial charge in [-0.3, -0.25) is 9.48 Å². The van der Waals surface area contributed by atoms with E-state index in [4.69, 9.17) is 4.74 Å². The maximum Gasteiger partial charge on any atom is 0.416 e. The molecular weight excluding hydrogens is 433 g/mol. The van der Waals surface area contributed by atoms with Crippen molar-refractivity contribution in [1.29, 1.82) is 0 Å². The van der Waals surface area contributed by atoms with Crippen LogP contribution in [0.5, 0.6) is 5.88 Å². The van der Waals surface area contributed by atoms with Crippen molar-refractivity contribution in [3.05, 3.63) is 77.8 Å². The fourth-order valence-electron chi connectivity index (χ4n) is 3.76. The number of aromatic nitrogens is 3. The van der Waals surface area contributed by atoms with E-state index in [1.54, 1.807) is 23.0 Å². The summed E-state index contributed by atoms with van der Waals surface area (Å²) in [7, 11) is 0. The van der Waals surface area contributed by atoms with Crippen LogP contribution >= 0.6 is 0 Å². The van der Waals surface area contributed by atoms with E-state index in [1.165, 1.54) is 18.3 Å². The molecule has 0 saturated heterocycles. The van der Waals surface area contributed by atoms with Crippen LogP contribution in [0.15, 0.2) is 66.6 Å². The number of benzene rings is 1. The molecule has 0 saturated carbocycles. The smallest absolute Gasteiger partial charge is 0.416 e. The second-order valence-corrected chi connectivity index (χ2v) is 7.70. The molecule has 1 amide bonds. The van der Waals surface area contributed by atoms with Gasteiger partial charge >= 0.3 is 6.18 Å². The van der Waals surface area contributed by atoms with E-state index in [-0.39, 0.29) is 5.91 Å². The van der Waals surface area contributed by atoms with Gasteiger partial charge in [0.25, 0.3) is 5.91 Å². The van der Waals surface area contributed by atoms with E-state index in [2.05, 4.69) is 15.4 Å². The molecule has 9 heteroatoms. The number of carbonyl (C=O) groups is 1. The molecule has 0 aliphatic heterocycles. The van der Waals surface area contributed by atoms with Crippen molar-refractivity contribution in [2.75, 3.05) is 11.9 Å². The topological polar surface area (TPSA) is 69.0 Å². The van der Waals surface area contributed by atoms with E-state index in [0.29, 0.717) is 48.7 Å². The first-order valence-corrected chi connectivity index (χ1v) is 10.7. The van der Waals surface area contributed by atoms with E-state index in [9.17, 15) is 18.0 Å². The van der Waals surface area contributed by atoms with Gasteiger partial charge in [-0.25, -0.2) is 4.98 Å². The molecule has 33 heavy (non-hydrogen) atoms. The number of nitrogens with zero attached hydrogens (tertiary/aromatic N) is 3. The summed E-state index contributed by atoms with van der Waals surface area (Å²) >= 11 is 0. The molecule has 0 unspecified atom stereocenters. The Labute approximate surface area is 189 Å². The number of pyridine rings is 1. The zero-order valence-electron chi connectivity index (χ0n) is 17.8. The van der Waals surface area contributed by atoms with E-state index in [1.807, 2.05) is 12.3 Å². The van der Waals surface area contributed by atoms with Crippen molar-refractivity contribution in [1.82, 2.24) is 14.8 Å². The summed E-state index contributed by atoms with van der Waals surface area (Å²) in [5.74, 6) is 0.168. The Hall–Kier alpha value is -3.62. The summed E-state index contributed by atoms with van der Waals surface area (Å²) in [6.45, 7) is 0.998. The van der Waals surface area contributed by atoms with Crippen molar-refractivity contribution >= 4 is 17.2 Å². The number of allylic oxidation sites excluding steroid dienone is 1. The molecule has 0 bridgehead atoms. The number of hydrogen-bond donors (Lipinski definition) is 1. The lowest BCUT2D eigenvalue weighted by molar-refractivity contribution is -0.137. The van der Waals surface area contributed by atoms with Gasteiger partial charge in [-0.2, -0.15) is 18.3 Å². The number of hydrogen-bond acceptors (Lipinski definition) is 4. The SMILES string of the molecule is O=C(Nc1ccc(OCCn2cccn2)nc1)C1=C(c2ccc(C(F)(F)F)cc2)CCCC1. The van der Waals surface area contributed by atoms with Crippen LogP contribution in [0, 0.1) is 0 Å². The summed E-state index contributed by atoms with van der Waals surface area (Å²) in [5.41, 5.74) is 1.85. The van der Waals surface area contributed by atoms with Crippen molar-refractivity contribution in [3.63, 3.8) is 0 Å². The number of rotatable bonds is 7. The summed E-state index contributed by atoms with van der Waals surface area (Å²) in [6.07, 6.45) is 3.63. The monoisotopic (exact) mass is 456 g/mol. The van der Waals surface area contributed by atoms with Crippen molar-refractivity contribution in [2.24, 2.45) is 0 Å². The van der Waals surface area contributed by atoms with Gasteiger partial charge in [-0.15, -0.1) is 0 Å². The average Bonchev–Trinajstić information content (AvgIpc) is 3.33. The van der Waals surface area contributed by atoms with Crippen LogP contribution in [0.3, 0.4) is 0 Å². The van der Waals surface area contributed by atoms with E-state index < -0.39 is 11.7 Å². The summed E-state index contributed by atoms with van der Waals surface area (Å²) in [6, 6.07) is 10.2. The third-order valence-corrected chi connectivity index (χ3v) is 5.43. The summed E-state index contributed by atoms with van der Waals surface area (Å²) in [5, 5.41) is 6.94. The molecule has 1 aliphatic rings. The number of anilines is 1. The van der Waals surface area contributed by atoms with Crippen LogP contribution in [-0.4, -0.2) is 27.3 Å². The number of halogens is 3. The largest absolute Gasteiger partial charge is 0.476 e. The Kier molecular flexibility index (Phi) is 6.76. The first kappa shape index (κ1) is 22.6. The Balaban J connectivity index is 1.42. The highest BCUT2D eigenvalue weighted by Gasteiger charge is 2.30. The lowest BCUT2D eigenvalue weighted by atomic mass is 9.86. The van der Waals surface area contributed by atoms with Gasteiger partial charge in [0.05, 0.1) is 24.0 Å². The van der Waals surface area contributed by atoms with Crippen LogP contribution in [0.1, 0.15) is 36.8 Å². The second-order valence-electron chi connectivity index (χ2n) is 7.70. The average molecular weight is 456 g/mol. The molecule has 0 radical (unpaired) electrons. The molecule has 172 valence electrons. The Morgan fingerprint density at radius 1 is 1.09 bits per heavy atom. The molecule has 4 rings (SSSR count). The quantitative estimate of drug-likeness (QED) is 0.521. The molecular formula is C24H23F3N4O2. The highest BCUT2D eigenvalue weighted by atomic mass is 19.4. The molecule has 1 aliphatic carbocycles. The Morgan fingerprint density at radius 3 is 2.55 bits per heavy atom. The second kappa shape index (κ2) is 9.89. The van der Waals surface area contributed by atoms with Crippen LogP contribution in [-0.2, 0) is 17.5 Å². The first-order chi connectivity index (χ1) is 15.9. The van der Waals surface area contributed by atoms with Gasteiger partial charge < -0.3 is 10.1 Å². The number of alkyl halides is 3. The predicted molar refractivity (Wildman–Crippen MR) is 117 cm³/mol. The number of amides is 1. The number of ether oxygens (including phenoxy) is 1. The lowest BCUT2D eigenvalue weighted by Gasteiger charge is -2.21. The van der Waals surface area contributed by atoms with Crippen LogP contribution in [0.4, 0.5) is 18.9 Å². The molecule has 3 aromatic rings. The maximum absolute atomic E-state index is 12.9. The Bertz CT molecular complexity index is 1110. The minimum atomic E-state index is -4.39. The van der Waals surface area contributed by atoms with Gasteiger partial charge in [0.15, 0.2) is 0 Å². The van der Waals surface area contributed by atoms with Gasteiger partial charge in [-0.1, -0.05) is 12.1 Å². The molecule has 2 heterocycles. The normalized spacial score (nSPS) is 14.3. The third-order valence-electron chi connectivity index (χ3n) is 5.43. The maximum atomic E-state index is 12.9. The van der Waals surface area contributed by atoms with E-state index >= 15 is 0 Å². The fourth-order valence-corrected chi connectivity index (χ4v) is 3.76. The summed E-state index contributed by atoms with van der Waals surface area (Å²) < 4.78 is 46.0. The highest BCUT2D eigenvalue weighted by molar-refractivity contribution is 6.09. The zero-order chi connectivity index (χ0) is 23.3. The van der Waals surface area contributed by atoms with Crippen molar-refractivity contribution < 1.29 is 22.7 Å². The van der Waals surface area contributed by atoms with Crippen molar-refractivity contribution in [2.45, 2.75) is 38.4 Å². The molecule has 0 spiro atoms. The van der Waals surface area contributed by atoms with Crippen LogP contribution in [0.2, 0.25) is 0 Å². The number of carbonyl (C=O) groups excluding carboxylic acids is 1. The van der Waals surface area contributed by atoms with E-state index in [0.717, 1.165) is 30.5 Å². The first-order valence-electron chi connectivity index (χ1n) is 10.7. The number of nitrogens with one attached hydrogen (secondary N) is 1. The minimum absolute atomic E-state index is 0.265. The van der Waals surface area contributed by atoms with Gasteiger partial charge in [0, 0.05) is 24.0 Å². The molecule has 1 N–H and O–H groups in total. The fraction of sp³-hybridized carbons (Fsp3) is 0.292. The third kappa shape index (κ3) is 5.79. The highest BCUT2D eigenvalue weighted by Crippen LogP contribution is 2.35.